The van der Waals surface area contributed by atoms with E-state index in [1.54, 1.807) is 21.9 Å². The molecule has 26 heavy (non-hydrogen) atoms. The van der Waals surface area contributed by atoms with Crippen LogP contribution in [0.15, 0.2) is 18.2 Å². The van der Waals surface area contributed by atoms with Crippen molar-refractivity contribution in [2.24, 2.45) is 5.92 Å². The molecule has 1 atom stereocenters. The Hall–Kier alpha value is -1.46. The molecule has 1 N–H and O–H groups in total. The van der Waals surface area contributed by atoms with Crippen molar-refractivity contribution < 1.29 is 14.7 Å². The topological polar surface area (TPSA) is 60.9 Å². The maximum atomic E-state index is 12.8. The monoisotopic (exact) mass is 400 g/mol. The van der Waals surface area contributed by atoms with Crippen LogP contribution in [0.4, 0.5) is 4.79 Å². The minimum Gasteiger partial charge on any atom is -0.481 e. The Balaban J connectivity index is 2.08. The molecule has 1 aliphatic heterocycles. The number of carbonyl (C=O) groups is 2. The molecule has 2 rings (SSSR count). The maximum Gasteiger partial charge on any atom is 0.320 e. The van der Waals surface area contributed by atoms with E-state index in [1.807, 2.05) is 6.07 Å². The smallest absolute Gasteiger partial charge is 0.320 e. The van der Waals surface area contributed by atoms with Crippen LogP contribution in [0, 0.1) is 5.92 Å². The Morgan fingerprint density at radius 3 is 2.58 bits per heavy atom. The SMILES string of the molecule is CCCCCCN1CC(CC(=O)O)CN(Cc2ccc(Cl)cc2Cl)C1=O. The number of hydrogen-bond donors (Lipinski definition) is 1. The lowest BCUT2D eigenvalue weighted by atomic mass is 10.0. The number of benzene rings is 1. The van der Waals surface area contributed by atoms with Gasteiger partial charge in [-0.2, -0.15) is 0 Å². The Kier molecular flexibility index (Phi) is 8.04. The van der Waals surface area contributed by atoms with E-state index in [1.165, 1.54) is 0 Å². The first kappa shape index (κ1) is 20.8. The summed E-state index contributed by atoms with van der Waals surface area (Å²) in [6.07, 6.45) is 4.35. The van der Waals surface area contributed by atoms with E-state index in [2.05, 4.69) is 6.92 Å². The minimum atomic E-state index is -0.834. The molecule has 1 heterocycles. The summed E-state index contributed by atoms with van der Waals surface area (Å²) >= 11 is 12.2. The van der Waals surface area contributed by atoms with Gasteiger partial charge in [0.15, 0.2) is 0 Å². The Morgan fingerprint density at radius 1 is 1.19 bits per heavy atom. The number of urea groups is 1. The number of halogens is 2. The van der Waals surface area contributed by atoms with E-state index < -0.39 is 5.97 Å². The average Bonchev–Trinajstić information content (AvgIpc) is 2.57. The van der Waals surface area contributed by atoms with Crippen LogP contribution in [0.3, 0.4) is 0 Å². The summed E-state index contributed by atoms with van der Waals surface area (Å²) in [6, 6.07) is 5.16. The number of carboxylic acid groups (broad SMARTS) is 1. The first-order valence-electron chi connectivity index (χ1n) is 9.10. The van der Waals surface area contributed by atoms with E-state index in [0.29, 0.717) is 36.2 Å². The van der Waals surface area contributed by atoms with Gasteiger partial charge in [0.25, 0.3) is 0 Å². The lowest BCUT2D eigenvalue weighted by Gasteiger charge is -2.40. The molecule has 0 aliphatic carbocycles. The Morgan fingerprint density at radius 2 is 1.92 bits per heavy atom. The standard InChI is InChI=1S/C19H26Cl2N2O3/c1-2-3-4-5-8-22-11-14(9-18(24)25)12-23(19(22)26)13-15-6-7-16(20)10-17(15)21/h6-7,10,14H,2-5,8-9,11-13H2,1H3,(H,24,25). The molecule has 0 saturated carbocycles. The van der Waals surface area contributed by atoms with Crippen LogP contribution >= 0.6 is 23.2 Å². The number of hydrogen-bond acceptors (Lipinski definition) is 2. The van der Waals surface area contributed by atoms with Gasteiger partial charge in [0.2, 0.25) is 0 Å². The van der Waals surface area contributed by atoms with Crippen molar-refractivity contribution in [3.63, 3.8) is 0 Å². The van der Waals surface area contributed by atoms with Crippen LogP contribution in [0.2, 0.25) is 10.0 Å². The predicted molar refractivity (Wildman–Crippen MR) is 104 cm³/mol. The summed E-state index contributed by atoms with van der Waals surface area (Å²) < 4.78 is 0. The van der Waals surface area contributed by atoms with Crippen molar-refractivity contribution in [1.29, 1.82) is 0 Å². The van der Waals surface area contributed by atoms with Crippen LogP contribution in [-0.4, -0.2) is 46.5 Å². The van der Waals surface area contributed by atoms with Gasteiger partial charge in [0.05, 0.1) is 6.42 Å². The number of aliphatic carboxylic acids is 1. The molecule has 2 amide bonds. The fourth-order valence-corrected chi connectivity index (χ4v) is 3.79. The van der Waals surface area contributed by atoms with E-state index >= 15 is 0 Å². The van der Waals surface area contributed by atoms with Crippen LogP contribution < -0.4 is 0 Å². The number of amides is 2. The number of rotatable bonds is 9. The van der Waals surface area contributed by atoms with E-state index in [4.69, 9.17) is 28.3 Å². The van der Waals surface area contributed by atoms with Gasteiger partial charge in [0.1, 0.15) is 0 Å². The largest absolute Gasteiger partial charge is 0.481 e. The second-order valence-corrected chi connectivity index (χ2v) is 7.71. The molecule has 5 nitrogen and oxygen atoms in total. The molecule has 144 valence electrons. The Labute approximate surface area is 164 Å². The predicted octanol–water partition coefficient (Wildman–Crippen LogP) is 4.90. The number of unbranched alkanes of at least 4 members (excludes halogenated alkanes) is 3. The highest BCUT2D eigenvalue weighted by Gasteiger charge is 2.32. The van der Waals surface area contributed by atoms with E-state index in [0.717, 1.165) is 31.2 Å². The van der Waals surface area contributed by atoms with Crippen molar-refractivity contribution >= 4 is 35.2 Å². The highest BCUT2D eigenvalue weighted by atomic mass is 35.5. The van der Waals surface area contributed by atoms with E-state index in [-0.39, 0.29) is 18.4 Å². The first-order chi connectivity index (χ1) is 12.4. The van der Waals surface area contributed by atoms with Crippen LogP contribution in [0.25, 0.3) is 0 Å². The fraction of sp³-hybridized carbons (Fsp3) is 0.579. The normalized spacial score (nSPS) is 17.7. The summed E-state index contributed by atoms with van der Waals surface area (Å²) in [5.74, 6) is -0.915. The third-order valence-corrected chi connectivity index (χ3v) is 5.21. The van der Waals surface area contributed by atoms with Crippen LogP contribution in [0.5, 0.6) is 0 Å². The van der Waals surface area contributed by atoms with Gasteiger partial charge in [-0.1, -0.05) is 55.5 Å². The second kappa shape index (κ2) is 10.0. The Bertz CT molecular complexity index is 639. The molecule has 0 radical (unpaired) electrons. The third kappa shape index (κ3) is 6.06. The summed E-state index contributed by atoms with van der Waals surface area (Å²) in [4.78, 5) is 27.5. The molecule has 1 unspecified atom stereocenters. The molecule has 0 aromatic heterocycles. The third-order valence-electron chi connectivity index (χ3n) is 4.62. The summed E-state index contributed by atoms with van der Waals surface area (Å²) in [6.45, 7) is 4.10. The van der Waals surface area contributed by atoms with Gasteiger partial charge in [-0.15, -0.1) is 0 Å². The molecule has 1 fully saturated rings. The fourth-order valence-electron chi connectivity index (χ4n) is 3.32. The lowest BCUT2D eigenvalue weighted by molar-refractivity contribution is -0.138. The van der Waals surface area contributed by atoms with Crippen LogP contribution in [0.1, 0.15) is 44.6 Å². The molecular formula is C19H26Cl2N2O3. The van der Waals surface area contributed by atoms with Gasteiger partial charge < -0.3 is 14.9 Å². The summed E-state index contributed by atoms with van der Waals surface area (Å²) in [7, 11) is 0. The second-order valence-electron chi connectivity index (χ2n) is 6.87. The molecule has 0 bridgehead atoms. The van der Waals surface area contributed by atoms with Gasteiger partial charge in [-0.05, 0) is 24.1 Å². The lowest BCUT2D eigenvalue weighted by Crippen LogP contribution is -2.53. The molecule has 1 aromatic carbocycles. The molecule has 1 aromatic rings. The van der Waals surface area contributed by atoms with Crippen molar-refractivity contribution in [3.8, 4) is 0 Å². The molecule has 1 saturated heterocycles. The maximum absolute atomic E-state index is 12.8. The summed E-state index contributed by atoms with van der Waals surface area (Å²) in [5.41, 5.74) is 0.811. The average molecular weight is 401 g/mol. The molecule has 0 spiro atoms. The van der Waals surface area contributed by atoms with Gasteiger partial charge >= 0.3 is 12.0 Å². The quantitative estimate of drug-likeness (QED) is 0.599. The van der Waals surface area contributed by atoms with Gasteiger partial charge in [0, 0.05) is 42.1 Å². The molecular weight excluding hydrogens is 375 g/mol. The van der Waals surface area contributed by atoms with Gasteiger partial charge in [-0.25, -0.2) is 4.79 Å². The zero-order valence-electron chi connectivity index (χ0n) is 15.1. The zero-order valence-corrected chi connectivity index (χ0v) is 16.6. The van der Waals surface area contributed by atoms with Crippen molar-refractivity contribution in [1.82, 2.24) is 9.80 Å². The minimum absolute atomic E-state index is 0.0471. The molecule has 7 heteroatoms. The highest BCUT2D eigenvalue weighted by Crippen LogP contribution is 2.25. The highest BCUT2D eigenvalue weighted by molar-refractivity contribution is 6.35. The number of nitrogens with zero attached hydrogens (tertiary/aromatic N) is 2. The summed E-state index contributed by atoms with van der Waals surface area (Å²) in [5, 5.41) is 10.2. The van der Waals surface area contributed by atoms with E-state index in [9.17, 15) is 9.59 Å². The zero-order chi connectivity index (χ0) is 19.1. The van der Waals surface area contributed by atoms with Gasteiger partial charge in [-0.3, -0.25) is 4.79 Å². The van der Waals surface area contributed by atoms with Crippen molar-refractivity contribution in [2.75, 3.05) is 19.6 Å². The van der Waals surface area contributed by atoms with Crippen molar-refractivity contribution in [3.05, 3.63) is 33.8 Å². The first-order valence-corrected chi connectivity index (χ1v) is 9.85. The molecule has 1 aliphatic rings. The van der Waals surface area contributed by atoms with Crippen LogP contribution in [-0.2, 0) is 11.3 Å². The number of carbonyl (C=O) groups excluding carboxylic acids is 1. The van der Waals surface area contributed by atoms with Crippen molar-refractivity contribution in [2.45, 2.75) is 45.6 Å². The number of carboxylic acids is 1.